The van der Waals surface area contributed by atoms with E-state index in [-0.39, 0.29) is 17.9 Å². The molecule has 8 nitrogen and oxygen atoms in total. The van der Waals surface area contributed by atoms with E-state index in [2.05, 4.69) is 25.0 Å². The van der Waals surface area contributed by atoms with Crippen LogP contribution in [-0.4, -0.2) is 61.7 Å². The van der Waals surface area contributed by atoms with Gasteiger partial charge < -0.3 is 9.80 Å². The van der Waals surface area contributed by atoms with E-state index in [0.717, 1.165) is 57.7 Å². The number of hydrogen-bond acceptors (Lipinski definition) is 6. The maximum atomic E-state index is 13.1. The van der Waals surface area contributed by atoms with Crippen molar-refractivity contribution in [3.05, 3.63) is 31.2 Å². The molecule has 2 atom stereocenters. The van der Waals surface area contributed by atoms with Crippen molar-refractivity contribution in [2.75, 3.05) is 31.1 Å². The first kappa shape index (κ1) is 16.0. The van der Waals surface area contributed by atoms with Crippen LogP contribution in [0, 0.1) is 5.92 Å². The number of nitrogens with zero attached hydrogens (tertiary/aromatic N) is 7. The highest BCUT2D eigenvalue weighted by atomic mass is 16.2. The first-order chi connectivity index (χ1) is 12.3. The Hall–Kier alpha value is -2.51. The average Bonchev–Trinajstić information content (AvgIpc) is 3.23. The highest BCUT2D eigenvalue weighted by Gasteiger charge is 2.33. The van der Waals surface area contributed by atoms with E-state index in [4.69, 9.17) is 0 Å². The smallest absolute Gasteiger partial charge is 0.227 e. The Kier molecular flexibility index (Phi) is 4.58. The molecule has 4 heterocycles. The van der Waals surface area contributed by atoms with Gasteiger partial charge in [-0.05, 0) is 25.7 Å². The standard InChI is InChI=1S/C17H23N7O/c25-17(23-8-2-4-15(11-23)24-13-19-12-21-24)14-3-1-7-22(10-14)16-9-18-5-6-20-16/h5-6,9,12-15H,1-4,7-8,10-11H2/t14-,15-/m1/s1. The van der Waals surface area contributed by atoms with Crippen LogP contribution in [0.2, 0.25) is 0 Å². The molecular formula is C17H23N7O. The summed E-state index contributed by atoms with van der Waals surface area (Å²) in [4.78, 5) is 29.8. The van der Waals surface area contributed by atoms with Gasteiger partial charge in [-0.3, -0.25) is 9.78 Å². The molecule has 25 heavy (non-hydrogen) atoms. The molecule has 4 rings (SSSR count). The molecule has 2 aromatic heterocycles. The van der Waals surface area contributed by atoms with Gasteiger partial charge in [0.05, 0.1) is 18.2 Å². The minimum Gasteiger partial charge on any atom is -0.355 e. The van der Waals surface area contributed by atoms with Gasteiger partial charge in [-0.25, -0.2) is 14.6 Å². The summed E-state index contributed by atoms with van der Waals surface area (Å²) in [5.74, 6) is 1.16. The van der Waals surface area contributed by atoms with Gasteiger partial charge in [0.15, 0.2) is 0 Å². The molecule has 0 radical (unpaired) electrons. The summed E-state index contributed by atoms with van der Waals surface area (Å²) in [7, 11) is 0. The van der Waals surface area contributed by atoms with Crippen LogP contribution in [0.4, 0.5) is 5.82 Å². The highest BCUT2D eigenvalue weighted by Crippen LogP contribution is 2.26. The SMILES string of the molecule is O=C([C@@H]1CCCN(c2cnccn2)C1)N1CCC[C@@H](n2cncn2)C1. The zero-order valence-electron chi connectivity index (χ0n) is 14.2. The number of likely N-dealkylation sites (tertiary alicyclic amines) is 1. The molecule has 0 aliphatic carbocycles. The van der Waals surface area contributed by atoms with Crippen LogP contribution in [0.1, 0.15) is 31.7 Å². The highest BCUT2D eigenvalue weighted by molar-refractivity contribution is 5.80. The third-order valence-electron chi connectivity index (χ3n) is 5.16. The predicted octanol–water partition coefficient (Wildman–Crippen LogP) is 1.15. The summed E-state index contributed by atoms with van der Waals surface area (Å²) in [6.45, 7) is 3.22. The lowest BCUT2D eigenvalue weighted by Gasteiger charge is -2.38. The first-order valence-corrected chi connectivity index (χ1v) is 8.95. The zero-order valence-corrected chi connectivity index (χ0v) is 14.2. The average molecular weight is 341 g/mol. The van der Waals surface area contributed by atoms with Crippen LogP contribution in [0.15, 0.2) is 31.2 Å². The van der Waals surface area contributed by atoms with Crippen LogP contribution in [0.3, 0.4) is 0 Å². The van der Waals surface area contributed by atoms with E-state index >= 15 is 0 Å². The lowest BCUT2D eigenvalue weighted by molar-refractivity contribution is -0.137. The fourth-order valence-corrected chi connectivity index (χ4v) is 3.88. The lowest BCUT2D eigenvalue weighted by atomic mass is 9.95. The molecule has 0 spiro atoms. The Morgan fingerprint density at radius 3 is 2.80 bits per heavy atom. The molecule has 0 aromatic carbocycles. The molecule has 1 amide bonds. The van der Waals surface area contributed by atoms with E-state index in [1.807, 2.05) is 9.58 Å². The van der Waals surface area contributed by atoms with Crippen molar-refractivity contribution < 1.29 is 4.79 Å². The first-order valence-electron chi connectivity index (χ1n) is 8.95. The molecule has 0 N–H and O–H groups in total. The summed E-state index contributed by atoms with van der Waals surface area (Å²) in [5.41, 5.74) is 0. The van der Waals surface area contributed by atoms with Gasteiger partial charge in [-0.2, -0.15) is 5.10 Å². The lowest BCUT2D eigenvalue weighted by Crippen LogP contribution is -2.48. The van der Waals surface area contributed by atoms with Crippen molar-refractivity contribution in [2.24, 2.45) is 5.92 Å². The monoisotopic (exact) mass is 341 g/mol. The molecule has 2 fully saturated rings. The quantitative estimate of drug-likeness (QED) is 0.833. The second-order valence-corrected chi connectivity index (χ2v) is 6.80. The molecular weight excluding hydrogens is 318 g/mol. The number of carbonyl (C=O) groups is 1. The van der Waals surface area contributed by atoms with Gasteiger partial charge in [0, 0.05) is 38.6 Å². The van der Waals surface area contributed by atoms with Crippen molar-refractivity contribution in [1.29, 1.82) is 0 Å². The van der Waals surface area contributed by atoms with Gasteiger partial charge in [-0.15, -0.1) is 0 Å². The molecule has 2 aliphatic rings. The van der Waals surface area contributed by atoms with Crippen molar-refractivity contribution in [2.45, 2.75) is 31.7 Å². The molecule has 0 bridgehead atoms. The third-order valence-corrected chi connectivity index (χ3v) is 5.16. The van der Waals surface area contributed by atoms with E-state index in [9.17, 15) is 4.79 Å². The van der Waals surface area contributed by atoms with Gasteiger partial charge in [0.2, 0.25) is 5.91 Å². The fraction of sp³-hybridized carbons (Fsp3) is 0.588. The Labute approximate surface area is 146 Å². The zero-order chi connectivity index (χ0) is 17.1. The summed E-state index contributed by atoms with van der Waals surface area (Å²) in [5, 5.41) is 4.24. The number of amides is 1. The van der Waals surface area contributed by atoms with Crippen molar-refractivity contribution in [3.63, 3.8) is 0 Å². The molecule has 2 aromatic rings. The summed E-state index contributed by atoms with van der Waals surface area (Å²) < 4.78 is 1.88. The minimum absolute atomic E-state index is 0.0326. The van der Waals surface area contributed by atoms with Crippen LogP contribution in [-0.2, 0) is 4.79 Å². The maximum Gasteiger partial charge on any atom is 0.227 e. The van der Waals surface area contributed by atoms with Crippen molar-refractivity contribution >= 4 is 11.7 Å². The van der Waals surface area contributed by atoms with E-state index in [0.29, 0.717) is 0 Å². The third kappa shape index (κ3) is 3.47. The largest absolute Gasteiger partial charge is 0.355 e. The van der Waals surface area contributed by atoms with Gasteiger partial charge in [-0.1, -0.05) is 0 Å². The van der Waals surface area contributed by atoms with E-state index in [1.165, 1.54) is 0 Å². The number of piperidine rings is 2. The molecule has 0 saturated carbocycles. The maximum absolute atomic E-state index is 13.1. The van der Waals surface area contributed by atoms with Gasteiger partial charge >= 0.3 is 0 Å². The van der Waals surface area contributed by atoms with Crippen LogP contribution >= 0.6 is 0 Å². The molecule has 2 aliphatic heterocycles. The molecule has 0 unspecified atom stereocenters. The molecule has 132 valence electrons. The minimum atomic E-state index is 0.0326. The summed E-state index contributed by atoms with van der Waals surface area (Å²) in [6, 6.07) is 0.236. The topological polar surface area (TPSA) is 80.0 Å². The molecule has 8 heteroatoms. The number of aromatic nitrogens is 5. The number of hydrogen-bond donors (Lipinski definition) is 0. The van der Waals surface area contributed by atoms with E-state index < -0.39 is 0 Å². The summed E-state index contributed by atoms with van der Waals surface area (Å²) >= 11 is 0. The van der Waals surface area contributed by atoms with Crippen LogP contribution in [0.25, 0.3) is 0 Å². The van der Waals surface area contributed by atoms with Crippen molar-refractivity contribution in [1.82, 2.24) is 29.6 Å². The number of anilines is 1. The Morgan fingerprint density at radius 1 is 1.08 bits per heavy atom. The number of carbonyl (C=O) groups excluding carboxylic acids is 1. The Bertz CT molecular complexity index is 690. The van der Waals surface area contributed by atoms with Crippen LogP contribution < -0.4 is 4.90 Å². The normalized spacial score (nSPS) is 24.3. The number of rotatable bonds is 3. The predicted molar refractivity (Wildman–Crippen MR) is 91.8 cm³/mol. The second kappa shape index (κ2) is 7.16. The van der Waals surface area contributed by atoms with Gasteiger partial charge in [0.25, 0.3) is 0 Å². The van der Waals surface area contributed by atoms with Gasteiger partial charge in [0.1, 0.15) is 18.5 Å². The van der Waals surface area contributed by atoms with E-state index in [1.54, 1.807) is 31.2 Å². The van der Waals surface area contributed by atoms with Crippen LogP contribution in [0.5, 0.6) is 0 Å². The fourth-order valence-electron chi connectivity index (χ4n) is 3.88. The van der Waals surface area contributed by atoms with Crippen molar-refractivity contribution in [3.8, 4) is 0 Å². The Balaban J connectivity index is 1.41. The Morgan fingerprint density at radius 2 is 2.00 bits per heavy atom. The second-order valence-electron chi connectivity index (χ2n) is 6.80. The summed E-state index contributed by atoms with van der Waals surface area (Å²) in [6.07, 6.45) is 12.5. The molecule has 2 saturated heterocycles.